The molecule has 0 spiro atoms. The number of aliphatic hydroxyl groups excluding tert-OH is 2. The van der Waals surface area contributed by atoms with Crippen molar-refractivity contribution in [2.24, 2.45) is 0 Å². The van der Waals surface area contributed by atoms with Crippen LogP contribution in [0.15, 0.2) is 0 Å². The molecule has 4 N–H and O–H groups in total. The third-order valence-electron chi connectivity index (χ3n) is 0.805. The topological polar surface area (TPSA) is 115 Å². The molecule has 0 amide bonds. The summed E-state index contributed by atoms with van der Waals surface area (Å²) in [7, 11) is 0. The van der Waals surface area contributed by atoms with Crippen LogP contribution < -0.4 is 0 Å². The Hall–Kier alpha value is 2.86. The molecular weight excluding hydrogens is 236 g/mol. The molecule has 10 heteroatoms. The van der Waals surface area contributed by atoms with Crippen LogP contribution in [0.4, 0.5) is 0 Å². The number of carboxylic acid groups (broad SMARTS) is 2. The average molecular weight is 246 g/mol. The van der Waals surface area contributed by atoms with Gasteiger partial charge in [-0.3, -0.25) is 0 Å². The van der Waals surface area contributed by atoms with Gasteiger partial charge in [0.2, 0.25) is 0 Å². The molecule has 0 saturated carbocycles. The first-order chi connectivity index (χ1) is 4.46. The number of aliphatic carboxylic acids is 2. The van der Waals surface area contributed by atoms with Crippen LogP contribution in [0.3, 0.4) is 0 Å². The Bertz CT molecular complexity index is 146. The second kappa shape index (κ2) is 15.9. The van der Waals surface area contributed by atoms with E-state index in [1.807, 2.05) is 0 Å². The Morgan fingerprint density at radius 1 is 0.714 bits per heavy atom. The molecule has 0 aromatic rings. The van der Waals surface area contributed by atoms with Gasteiger partial charge in [-0.25, -0.2) is 9.59 Å². The van der Waals surface area contributed by atoms with E-state index in [-0.39, 0.29) is 118 Å². The Kier molecular flexibility index (Phi) is 34.2. The van der Waals surface area contributed by atoms with Gasteiger partial charge in [-0.2, -0.15) is 0 Å². The van der Waals surface area contributed by atoms with Crippen LogP contribution >= 0.6 is 0 Å². The molecule has 0 saturated heterocycles. The zero-order valence-corrected chi connectivity index (χ0v) is 4.76. The maximum absolute atomic E-state index is 9.77. The van der Waals surface area contributed by atoms with Gasteiger partial charge in [-0.15, -0.1) is 0 Å². The van der Waals surface area contributed by atoms with Gasteiger partial charge < -0.3 is 20.4 Å². The van der Waals surface area contributed by atoms with Crippen molar-refractivity contribution in [1.82, 2.24) is 0 Å². The molecule has 66 valence electrons. The Labute approximate surface area is 169 Å². The van der Waals surface area contributed by atoms with Crippen LogP contribution in [0.1, 0.15) is 0 Å². The van der Waals surface area contributed by atoms with Crippen molar-refractivity contribution in [3.05, 3.63) is 0 Å². The molecule has 0 bridgehead atoms. The van der Waals surface area contributed by atoms with Gasteiger partial charge in [0.05, 0.1) is 0 Å². The van der Waals surface area contributed by atoms with E-state index in [4.69, 9.17) is 20.4 Å². The molecule has 0 heterocycles. The minimum atomic E-state index is -2.27. The maximum atomic E-state index is 9.77. The first-order valence-corrected chi connectivity index (χ1v) is 2.28. The summed E-state index contributed by atoms with van der Waals surface area (Å²) < 4.78 is 0. The Balaban J connectivity index is -0.0000000675. The molecule has 0 rings (SSSR count). The zero-order valence-electron chi connectivity index (χ0n) is 4.76. The van der Waals surface area contributed by atoms with Gasteiger partial charge in [0.15, 0.2) is 12.2 Å². The fraction of sp³-hybridized carbons (Fsp3) is 0.500. The van der Waals surface area contributed by atoms with E-state index in [9.17, 15) is 9.59 Å². The van der Waals surface area contributed by atoms with E-state index in [0.29, 0.717) is 0 Å². The molecule has 0 aromatic carbocycles. The Morgan fingerprint density at radius 2 is 0.857 bits per heavy atom. The van der Waals surface area contributed by atoms with Crippen molar-refractivity contribution >= 4 is 130 Å². The standard InChI is InChI=1S/C4H6O6.4Na.4H/c5-1(3(7)8)2(6)4(9)10;;;;;;;;/h1-2,5-6H,(H,7,8)(H,9,10);;;;;;;;. The van der Waals surface area contributed by atoms with Crippen molar-refractivity contribution < 1.29 is 30.0 Å². The zero-order chi connectivity index (χ0) is 8.31. The SMILES string of the molecule is O=C(O)C(O)C(O)C(=O)O.[NaH].[NaH].[NaH].[NaH]. The summed E-state index contributed by atoms with van der Waals surface area (Å²) in [5.41, 5.74) is 0. The second-order valence-corrected chi connectivity index (χ2v) is 1.57. The van der Waals surface area contributed by atoms with Gasteiger partial charge in [-0.1, -0.05) is 0 Å². The Morgan fingerprint density at radius 3 is 0.929 bits per heavy atom. The molecular formula is C4H10Na4O6. The second-order valence-electron chi connectivity index (χ2n) is 1.57. The molecule has 0 aliphatic rings. The molecule has 0 aliphatic carbocycles. The number of rotatable bonds is 3. The third kappa shape index (κ3) is 12.9. The van der Waals surface area contributed by atoms with Gasteiger partial charge >= 0.3 is 130 Å². The van der Waals surface area contributed by atoms with Crippen LogP contribution in [0.2, 0.25) is 0 Å². The molecule has 14 heavy (non-hydrogen) atoms. The third-order valence-corrected chi connectivity index (χ3v) is 0.805. The van der Waals surface area contributed by atoms with E-state index >= 15 is 0 Å². The number of hydrogen-bond acceptors (Lipinski definition) is 4. The fourth-order valence-corrected chi connectivity index (χ4v) is 0.270. The van der Waals surface area contributed by atoms with Crippen molar-refractivity contribution in [1.29, 1.82) is 0 Å². The van der Waals surface area contributed by atoms with E-state index in [0.717, 1.165) is 0 Å². The summed E-state index contributed by atoms with van der Waals surface area (Å²) in [6.45, 7) is 0. The normalized spacial score (nSPS) is 11.3. The van der Waals surface area contributed by atoms with Crippen molar-refractivity contribution in [2.45, 2.75) is 12.2 Å². The number of hydrogen-bond donors (Lipinski definition) is 4. The van der Waals surface area contributed by atoms with Gasteiger partial charge in [0.25, 0.3) is 0 Å². The molecule has 0 fully saturated rings. The van der Waals surface area contributed by atoms with Crippen LogP contribution in [-0.4, -0.2) is 163 Å². The van der Waals surface area contributed by atoms with E-state index in [2.05, 4.69) is 0 Å². The summed E-state index contributed by atoms with van der Waals surface area (Å²) in [5.74, 6) is -3.54. The molecule has 2 atom stereocenters. The van der Waals surface area contributed by atoms with Gasteiger partial charge in [-0.05, 0) is 0 Å². The minimum absolute atomic E-state index is 0. The molecule has 6 nitrogen and oxygen atoms in total. The quantitative estimate of drug-likeness (QED) is 0.372. The van der Waals surface area contributed by atoms with Gasteiger partial charge in [0, 0.05) is 0 Å². The molecule has 0 aromatic heterocycles. The van der Waals surface area contributed by atoms with Crippen LogP contribution in [0, 0.1) is 0 Å². The first kappa shape index (κ1) is 30.2. The predicted molar refractivity (Wildman–Crippen MR) is 55.9 cm³/mol. The molecule has 0 radical (unpaired) electrons. The number of carboxylic acids is 2. The van der Waals surface area contributed by atoms with Crippen LogP contribution in [-0.2, 0) is 9.59 Å². The van der Waals surface area contributed by atoms with Gasteiger partial charge in [0.1, 0.15) is 0 Å². The van der Waals surface area contributed by atoms with Crippen molar-refractivity contribution in [3.63, 3.8) is 0 Å². The molecule has 2 unspecified atom stereocenters. The van der Waals surface area contributed by atoms with Crippen LogP contribution in [0.5, 0.6) is 0 Å². The van der Waals surface area contributed by atoms with E-state index < -0.39 is 24.1 Å². The fourth-order valence-electron chi connectivity index (χ4n) is 0.270. The summed E-state index contributed by atoms with van der Waals surface area (Å²) in [6.07, 6.45) is -4.53. The number of carbonyl (C=O) groups is 2. The van der Waals surface area contributed by atoms with E-state index in [1.54, 1.807) is 0 Å². The van der Waals surface area contributed by atoms with E-state index in [1.165, 1.54) is 0 Å². The molecule has 0 aliphatic heterocycles. The van der Waals surface area contributed by atoms with Crippen molar-refractivity contribution in [2.75, 3.05) is 0 Å². The summed E-state index contributed by atoms with van der Waals surface area (Å²) >= 11 is 0. The monoisotopic (exact) mass is 246 g/mol. The summed E-state index contributed by atoms with van der Waals surface area (Å²) in [4.78, 5) is 19.5. The predicted octanol–water partition coefficient (Wildman–Crippen LogP) is -4.72. The summed E-state index contributed by atoms with van der Waals surface area (Å²) in [6, 6.07) is 0. The number of aliphatic hydroxyl groups is 2. The van der Waals surface area contributed by atoms with Crippen molar-refractivity contribution in [3.8, 4) is 0 Å². The summed E-state index contributed by atoms with van der Waals surface area (Å²) in [5, 5.41) is 32.5. The average Bonchev–Trinajstić information content (AvgIpc) is 1.84. The first-order valence-electron chi connectivity index (χ1n) is 2.28. The van der Waals surface area contributed by atoms with Crippen LogP contribution in [0.25, 0.3) is 0 Å².